The highest BCUT2D eigenvalue weighted by atomic mass is 35.5. The number of carbonyl (C=O) groups is 2. The second-order valence-corrected chi connectivity index (χ2v) is 5.21. The number of esters is 1. The van der Waals surface area contributed by atoms with Crippen LogP contribution in [-0.4, -0.2) is 23.5 Å². The Bertz CT molecular complexity index is 699. The number of ether oxygens (including phenoxy) is 1. The predicted molar refractivity (Wildman–Crippen MR) is 84.1 cm³/mol. The number of carbonyl (C=O) groups excluding carboxylic acids is 2. The van der Waals surface area contributed by atoms with E-state index in [0.717, 1.165) is 11.3 Å². The number of amides is 1. The van der Waals surface area contributed by atoms with Crippen LogP contribution in [-0.2, 0) is 9.53 Å². The van der Waals surface area contributed by atoms with Crippen molar-refractivity contribution < 1.29 is 14.3 Å². The molecule has 0 bridgehead atoms. The summed E-state index contributed by atoms with van der Waals surface area (Å²) in [5.41, 5.74) is 2.56. The van der Waals surface area contributed by atoms with Gasteiger partial charge in [0.1, 0.15) is 0 Å². The lowest BCUT2D eigenvalue weighted by molar-refractivity contribution is -0.119. The average molecular weight is 319 g/mol. The molecule has 0 spiro atoms. The van der Waals surface area contributed by atoms with E-state index >= 15 is 0 Å². The molecule has 1 aromatic carbocycles. The van der Waals surface area contributed by atoms with E-state index < -0.39 is 11.9 Å². The molecule has 6 heteroatoms. The maximum absolute atomic E-state index is 11.8. The maximum atomic E-state index is 11.8. The first-order valence-corrected chi connectivity index (χ1v) is 6.99. The Kier molecular flexibility index (Phi) is 5.12. The third-order valence-corrected chi connectivity index (χ3v) is 3.19. The Hall–Kier alpha value is -2.40. The minimum atomic E-state index is -0.592. The van der Waals surface area contributed by atoms with Crippen molar-refractivity contribution in [3.05, 3.63) is 58.4 Å². The van der Waals surface area contributed by atoms with Crippen molar-refractivity contribution in [2.45, 2.75) is 13.8 Å². The number of rotatable bonds is 4. The first-order chi connectivity index (χ1) is 10.5. The summed E-state index contributed by atoms with van der Waals surface area (Å²) in [5, 5.41) is 3.17. The molecule has 2 rings (SSSR count). The Morgan fingerprint density at radius 1 is 1.23 bits per heavy atom. The molecular weight excluding hydrogens is 304 g/mol. The number of hydrogen-bond donors (Lipinski definition) is 1. The fourth-order valence-corrected chi connectivity index (χ4v) is 1.89. The summed E-state index contributed by atoms with van der Waals surface area (Å²) in [6.07, 6.45) is 1.41. The number of nitrogens with zero attached hydrogens (tertiary/aromatic N) is 1. The number of halogens is 1. The van der Waals surface area contributed by atoms with Gasteiger partial charge in [0.25, 0.3) is 5.91 Å². The molecule has 0 aliphatic heterocycles. The van der Waals surface area contributed by atoms with Gasteiger partial charge in [0, 0.05) is 22.6 Å². The third-order valence-electron chi connectivity index (χ3n) is 2.96. The van der Waals surface area contributed by atoms with Crippen molar-refractivity contribution in [2.24, 2.45) is 0 Å². The topological polar surface area (TPSA) is 68.3 Å². The monoisotopic (exact) mass is 318 g/mol. The fourth-order valence-electron chi connectivity index (χ4n) is 1.72. The van der Waals surface area contributed by atoms with Crippen molar-refractivity contribution in [3.63, 3.8) is 0 Å². The minimum absolute atomic E-state index is 0.303. The third kappa shape index (κ3) is 4.30. The van der Waals surface area contributed by atoms with Crippen LogP contribution in [0.1, 0.15) is 21.6 Å². The molecule has 1 amide bonds. The van der Waals surface area contributed by atoms with Crippen LogP contribution in [0.3, 0.4) is 0 Å². The second kappa shape index (κ2) is 7.04. The molecule has 22 heavy (non-hydrogen) atoms. The molecule has 1 aromatic heterocycles. The number of nitrogens with one attached hydrogen (secondary N) is 1. The summed E-state index contributed by atoms with van der Waals surface area (Å²) in [7, 11) is 0. The van der Waals surface area contributed by atoms with Gasteiger partial charge in [-0.15, -0.1) is 0 Å². The summed E-state index contributed by atoms with van der Waals surface area (Å²) in [6.45, 7) is 3.28. The van der Waals surface area contributed by atoms with Gasteiger partial charge in [-0.25, -0.2) is 4.79 Å². The Balaban J connectivity index is 1.91. The number of benzene rings is 1. The van der Waals surface area contributed by atoms with Gasteiger partial charge in [-0.05, 0) is 43.7 Å². The number of pyridine rings is 1. The molecule has 0 saturated heterocycles. The first-order valence-electron chi connectivity index (χ1n) is 6.61. The highest BCUT2D eigenvalue weighted by Gasteiger charge is 2.11. The van der Waals surface area contributed by atoms with E-state index in [0.29, 0.717) is 16.3 Å². The first kappa shape index (κ1) is 16.0. The van der Waals surface area contributed by atoms with E-state index in [-0.39, 0.29) is 6.61 Å². The van der Waals surface area contributed by atoms with E-state index in [1.54, 1.807) is 30.3 Å². The zero-order chi connectivity index (χ0) is 16.1. The van der Waals surface area contributed by atoms with Gasteiger partial charge in [0.2, 0.25) is 0 Å². The summed E-state index contributed by atoms with van der Waals surface area (Å²) in [4.78, 5) is 27.6. The van der Waals surface area contributed by atoms with Crippen molar-refractivity contribution in [2.75, 3.05) is 11.9 Å². The van der Waals surface area contributed by atoms with Gasteiger partial charge < -0.3 is 10.1 Å². The van der Waals surface area contributed by atoms with Crippen LogP contribution >= 0.6 is 11.6 Å². The zero-order valence-corrected chi connectivity index (χ0v) is 13.0. The fraction of sp³-hybridized carbons (Fsp3) is 0.188. The van der Waals surface area contributed by atoms with Crippen LogP contribution < -0.4 is 5.32 Å². The van der Waals surface area contributed by atoms with Gasteiger partial charge in [0.15, 0.2) is 6.61 Å². The van der Waals surface area contributed by atoms with E-state index in [1.807, 2.05) is 13.8 Å². The maximum Gasteiger partial charge on any atom is 0.340 e. The smallest absolute Gasteiger partial charge is 0.340 e. The molecule has 0 unspecified atom stereocenters. The standard InChI is InChI=1S/C16H15ClN2O3/c1-10-3-6-13(17)7-14(10)19-15(20)9-22-16(21)12-5-4-11(2)18-8-12/h3-8H,9H2,1-2H3,(H,19,20). The predicted octanol–water partition coefficient (Wildman–Crippen LogP) is 3.15. The summed E-state index contributed by atoms with van der Waals surface area (Å²) < 4.78 is 4.95. The Morgan fingerprint density at radius 2 is 2.00 bits per heavy atom. The summed E-state index contributed by atoms with van der Waals surface area (Å²) in [5.74, 6) is -1.02. The highest BCUT2D eigenvalue weighted by Crippen LogP contribution is 2.20. The summed E-state index contributed by atoms with van der Waals surface area (Å²) >= 11 is 5.88. The molecule has 0 atom stereocenters. The Morgan fingerprint density at radius 3 is 2.68 bits per heavy atom. The number of anilines is 1. The second-order valence-electron chi connectivity index (χ2n) is 4.77. The van der Waals surface area contributed by atoms with E-state index in [9.17, 15) is 9.59 Å². The van der Waals surface area contributed by atoms with Crippen LogP contribution in [0.2, 0.25) is 5.02 Å². The normalized spacial score (nSPS) is 10.1. The lowest BCUT2D eigenvalue weighted by atomic mass is 10.2. The minimum Gasteiger partial charge on any atom is -0.452 e. The molecule has 0 radical (unpaired) electrons. The Labute approximate surface area is 133 Å². The van der Waals surface area contributed by atoms with Crippen LogP contribution in [0.15, 0.2) is 36.5 Å². The molecular formula is C16H15ClN2O3. The van der Waals surface area contributed by atoms with Crippen LogP contribution in [0, 0.1) is 13.8 Å². The van der Waals surface area contributed by atoms with Gasteiger partial charge >= 0.3 is 5.97 Å². The van der Waals surface area contributed by atoms with Gasteiger partial charge in [-0.2, -0.15) is 0 Å². The summed E-state index contributed by atoms with van der Waals surface area (Å²) in [6, 6.07) is 8.47. The van der Waals surface area contributed by atoms with Gasteiger partial charge in [-0.3, -0.25) is 9.78 Å². The van der Waals surface area contributed by atoms with Gasteiger partial charge in [-0.1, -0.05) is 17.7 Å². The lowest BCUT2D eigenvalue weighted by Crippen LogP contribution is -2.21. The van der Waals surface area contributed by atoms with E-state index in [4.69, 9.17) is 16.3 Å². The molecule has 0 fully saturated rings. The van der Waals surface area contributed by atoms with Crippen molar-refractivity contribution in [1.29, 1.82) is 0 Å². The molecule has 1 N–H and O–H groups in total. The van der Waals surface area contributed by atoms with Crippen LogP contribution in [0.25, 0.3) is 0 Å². The number of aryl methyl sites for hydroxylation is 2. The van der Waals surface area contributed by atoms with Crippen molar-refractivity contribution in [1.82, 2.24) is 4.98 Å². The molecule has 2 aromatic rings. The van der Waals surface area contributed by atoms with Gasteiger partial charge in [0.05, 0.1) is 5.56 Å². The quantitative estimate of drug-likeness (QED) is 0.879. The van der Waals surface area contributed by atoms with Crippen LogP contribution in [0.5, 0.6) is 0 Å². The SMILES string of the molecule is Cc1ccc(C(=O)OCC(=O)Nc2cc(Cl)ccc2C)cn1. The largest absolute Gasteiger partial charge is 0.452 e. The number of hydrogen-bond acceptors (Lipinski definition) is 4. The highest BCUT2D eigenvalue weighted by molar-refractivity contribution is 6.31. The lowest BCUT2D eigenvalue weighted by Gasteiger charge is -2.09. The molecule has 0 saturated carbocycles. The van der Waals surface area contributed by atoms with E-state index in [1.165, 1.54) is 6.20 Å². The molecule has 1 heterocycles. The molecule has 114 valence electrons. The molecule has 0 aliphatic carbocycles. The average Bonchev–Trinajstić information content (AvgIpc) is 2.49. The number of aromatic nitrogens is 1. The van der Waals surface area contributed by atoms with Crippen molar-refractivity contribution >= 4 is 29.2 Å². The molecule has 5 nitrogen and oxygen atoms in total. The van der Waals surface area contributed by atoms with Crippen LogP contribution in [0.4, 0.5) is 5.69 Å². The van der Waals surface area contributed by atoms with E-state index in [2.05, 4.69) is 10.3 Å². The molecule has 0 aliphatic rings. The van der Waals surface area contributed by atoms with Crippen molar-refractivity contribution in [3.8, 4) is 0 Å². The zero-order valence-electron chi connectivity index (χ0n) is 12.2.